The molecule has 156 valence electrons. The fraction of sp³-hybridized carbons (Fsp3) is 0.389. The summed E-state index contributed by atoms with van der Waals surface area (Å²) in [4.78, 5) is 30.9. The zero-order valence-corrected chi connectivity index (χ0v) is 17.4. The zero-order chi connectivity index (χ0) is 21.1. The first-order valence-electron chi connectivity index (χ1n) is 8.83. The van der Waals surface area contributed by atoms with E-state index in [-0.39, 0.29) is 24.3 Å². The van der Waals surface area contributed by atoms with Crippen LogP contribution in [0.4, 0.5) is 0 Å². The molecule has 0 unspecified atom stereocenters. The lowest BCUT2D eigenvalue weighted by molar-refractivity contribution is 0.0913. The number of aliphatic hydroxyl groups excluding tert-OH is 2. The molecule has 2 aromatic heterocycles. The highest BCUT2D eigenvalue weighted by Crippen LogP contribution is 2.23. The lowest BCUT2D eigenvalue weighted by Gasteiger charge is -2.15. The normalized spacial score (nSPS) is 13.6. The van der Waals surface area contributed by atoms with Crippen molar-refractivity contribution in [3.05, 3.63) is 50.1 Å². The van der Waals surface area contributed by atoms with Gasteiger partial charge in [-0.05, 0) is 31.2 Å². The predicted molar refractivity (Wildman–Crippen MR) is 111 cm³/mol. The molecule has 0 aliphatic heterocycles. The summed E-state index contributed by atoms with van der Waals surface area (Å²) in [6.45, 7) is 1.64. The number of H-pyrrole nitrogens is 1. The van der Waals surface area contributed by atoms with Crippen LogP contribution in [-0.4, -0.2) is 53.9 Å². The van der Waals surface area contributed by atoms with Crippen LogP contribution in [0.3, 0.4) is 0 Å². The third kappa shape index (κ3) is 5.02. The third-order valence-electron chi connectivity index (χ3n) is 4.08. The van der Waals surface area contributed by atoms with Crippen molar-refractivity contribution < 1.29 is 14.9 Å². The number of nitrogens with zero attached hydrogens (tertiary/aromatic N) is 3. The zero-order valence-electron chi connectivity index (χ0n) is 15.8. The van der Waals surface area contributed by atoms with Crippen LogP contribution in [-0.2, 0) is 13.6 Å². The number of aromatic amines is 1. The first kappa shape index (κ1) is 21.4. The molecule has 2 heterocycles. The Balaban J connectivity index is 1.88. The summed E-state index contributed by atoms with van der Waals surface area (Å²) in [5.41, 5.74) is -0.792. The fourth-order valence-corrected chi connectivity index (χ4v) is 3.66. The molecule has 0 aliphatic rings. The quantitative estimate of drug-likeness (QED) is 0.446. The third-order valence-corrected chi connectivity index (χ3v) is 5.55. The standard InChI is InChI=1S/C18H21ClN4O5S/c1-10(24)9-29-18-20-15-14(16(26)21-17(27)22(15)2)23(18)7-12(25)8-28-13-5-3-11(19)4-6-13/h3-6,10,12,24-25H,7-9H2,1-2H3,(H,21,26,27)/t10-,12+/m0/s1. The molecule has 0 bridgehead atoms. The second-order valence-electron chi connectivity index (χ2n) is 6.57. The minimum atomic E-state index is -0.953. The van der Waals surface area contributed by atoms with Gasteiger partial charge in [-0.1, -0.05) is 23.4 Å². The summed E-state index contributed by atoms with van der Waals surface area (Å²) in [6.07, 6.45) is -1.54. The number of imidazole rings is 1. The molecule has 0 saturated carbocycles. The number of rotatable bonds is 8. The van der Waals surface area contributed by atoms with Gasteiger partial charge in [0.15, 0.2) is 16.3 Å². The Labute approximate surface area is 174 Å². The maximum Gasteiger partial charge on any atom is 0.329 e. The molecular weight excluding hydrogens is 420 g/mol. The van der Waals surface area contributed by atoms with Crippen LogP contribution in [0.2, 0.25) is 5.02 Å². The number of hydrogen-bond donors (Lipinski definition) is 3. The van der Waals surface area contributed by atoms with E-state index in [0.717, 1.165) is 0 Å². The van der Waals surface area contributed by atoms with Gasteiger partial charge in [0.05, 0.1) is 12.6 Å². The van der Waals surface area contributed by atoms with Gasteiger partial charge in [0.1, 0.15) is 18.5 Å². The molecule has 0 fully saturated rings. The second kappa shape index (κ2) is 9.04. The Kier molecular flexibility index (Phi) is 6.68. The van der Waals surface area contributed by atoms with Crippen molar-refractivity contribution in [3.8, 4) is 5.75 Å². The van der Waals surface area contributed by atoms with Crippen molar-refractivity contribution in [2.45, 2.75) is 30.8 Å². The number of fused-ring (bicyclic) bond motifs is 1. The maximum atomic E-state index is 12.4. The number of thioether (sulfide) groups is 1. The molecule has 11 heteroatoms. The molecule has 0 spiro atoms. The number of hydrogen-bond acceptors (Lipinski definition) is 7. The Morgan fingerprint density at radius 1 is 1.28 bits per heavy atom. The molecule has 0 aliphatic carbocycles. The van der Waals surface area contributed by atoms with Gasteiger partial charge in [-0.3, -0.25) is 14.3 Å². The number of aryl methyl sites for hydroxylation is 1. The molecule has 0 radical (unpaired) electrons. The number of aliphatic hydroxyl groups is 2. The van der Waals surface area contributed by atoms with Crippen molar-refractivity contribution in [3.63, 3.8) is 0 Å². The van der Waals surface area contributed by atoms with Gasteiger partial charge in [-0.2, -0.15) is 0 Å². The summed E-state index contributed by atoms with van der Waals surface area (Å²) in [5, 5.41) is 21.0. The molecule has 3 aromatic rings. The lowest BCUT2D eigenvalue weighted by atomic mass is 10.3. The van der Waals surface area contributed by atoms with E-state index in [1.54, 1.807) is 31.2 Å². The minimum absolute atomic E-state index is 0.0213. The van der Waals surface area contributed by atoms with Crippen molar-refractivity contribution in [1.29, 1.82) is 0 Å². The van der Waals surface area contributed by atoms with Crippen LogP contribution < -0.4 is 16.0 Å². The molecule has 1 aromatic carbocycles. The highest BCUT2D eigenvalue weighted by molar-refractivity contribution is 7.99. The molecular formula is C18H21ClN4O5S. The highest BCUT2D eigenvalue weighted by atomic mass is 35.5. The first-order valence-corrected chi connectivity index (χ1v) is 10.2. The molecule has 3 N–H and O–H groups in total. The van der Waals surface area contributed by atoms with Crippen LogP contribution in [0, 0.1) is 0 Å². The van der Waals surface area contributed by atoms with Crippen LogP contribution in [0.1, 0.15) is 6.92 Å². The Hall–Kier alpha value is -2.27. The van der Waals surface area contributed by atoms with E-state index < -0.39 is 23.5 Å². The van der Waals surface area contributed by atoms with Gasteiger partial charge in [0.2, 0.25) is 0 Å². The van der Waals surface area contributed by atoms with E-state index in [1.165, 1.54) is 27.9 Å². The van der Waals surface area contributed by atoms with Gasteiger partial charge in [-0.15, -0.1) is 0 Å². The molecule has 3 rings (SSSR count). The van der Waals surface area contributed by atoms with Crippen molar-refractivity contribution in [2.75, 3.05) is 12.4 Å². The van der Waals surface area contributed by atoms with Gasteiger partial charge >= 0.3 is 5.69 Å². The highest BCUT2D eigenvalue weighted by Gasteiger charge is 2.20. The number of aromatic nitrogens is 4. The van der Waals surface area contributed by atoms with Crippen molar-refractivity contribution >= 4 is 34.5 Å². The SMILES string of the molecule is C[C@H](O)CSc1nc2c(c(=O)[nH]c(=O)n2C)n1C[C@@H](O)COc1ccc(Cl)cc1. The van der Waals surface area contributed by atoms with E-state index in [4.69, 9.17) is 16.3 Å². The van der Waals surface area contributed by atoms with Gasteiger partial charge in [0, 0.05) is 17.8 Å². The van der Waals surface area contributed by atoms with Crippen LogP contribution in [0.15, 0.2) is 39.0 Å². The number of ether oxygens (including phenoxy) is 1. The van der Waals surface area contributed by atoms with E-state index in [9.17, 15) is 19.8 Å². The van der Waals surface area contributed by atoms with E-state index in [2.05, 4.69) is 9.97 Å². The Morgan fingerprint density at radius 3 is 2.62 bits per heavy atom. The Bertz CT molecular complexity index is 1110. The maximum absolute atomic E-state index is 12.4. The lowest BCUT2D eigenvalue weighted by Crippen LogP contribution is -2.30. The first-order chi connectivity index (χ1) is 13.8. The summed E-state index contributed by atoms with van der Waals surface area (Å²) < 4.78 is 8.34. The van der Waals surface area contributed by atoms with E-state index in [1.807, 2.05) is 0 Å². The summed E-state index contributed by atoms with van der Waals surface area (Å²) >= 11 is 7.07. The number of nitrogens with one attached hydrogen (secondary N) is 1. The predicted octanol–water partition coefficient (Wildman–Crippen LogP) is 0.989. The Morgan fingerprint density at radius 2 is 1.97 bits per heavy atom. The number of benzene rings is 1. The average Bonchev–Trinajstić information content (AvgIpc) is 3.03. The fourth-order valence-electron chi connectivity index (χ4n) is 2.68. The van der Waals surface area contributed by atoms with Crippen molar-refractivity contribution in [2.24, 2.45) is 7.05 Å². The second-order valence-corrected chi connectivity index (χ2v) is 8.00. The van der Waals surface area contributed by atoms with Crippen LogP contribution in [0.25, 0.3) is 11.2 Å². The van der Waals surface area contributed by atoms with Gasteiger partial charge in [0.25, 0.3) is 5.56 Å². The van der Waals surface area contributed by atoms with E-state index in [0.29, 0.717) is 21.7 Å². The average molecular weight is 441 g/mol. The monoisotopic (exact) mass is 440 g/mol. The largest absolute Gasteiger partial charge is 0.491 e. The minimum Gasteiger partial charge on any atom is -0.491 e. The topological polar surface area (TPSA) is 122 Å². The van der Waals surface area contributed by atoms with Crippen LogP contribution >= 0.6 is 23.4 Å². The summed E-state index contributed by atoms with van der Waals surface area (Å²) in [5.74, 6) is 0.889. The molecule has 9 nitrogen and oxygen atoms in total. The number of halogens is 1. The summed E-state index contributed by atoms with van der Waals surface area (Å²) in [7, 11) is 1.50. The smallest absolute Gasteiger partial charge is 0.329 e. The van der Waals surface area contributed by atoms with Crippen LogP contribution in [0.5, 0.6) is 5.75 Å². The molecule has 0 saturated heterocycles. The molecule has 29 heavy (non-hydrogen) atoms. The van der Waals surface area contributed by atoms with E-state index >= 15 is 0 Å². The van der Waals surface area contributed by atoms with Crippen molar-refractivity contribution in [1.82, 2.24) is 19.1 Å². The molecule has 0 amide bonds. The van der Waals surface area contributed by atoms with Gasteiger partial charge in [-0.25, -0.2) is 9.78 Å². The molecule has 2 atom stereocenters. The summed E-state index contributed by atoms with van der Waals surface area (Å²) in [6, 6.07) is 6.73. The van der Waals surface area contributed by atoms with Gasteiger partial charge < -0.3 is 19.5 Å².